The van der Waals surface area contributed by atoms with Crippen molar-refractivity contribution in [2.24, 2.45) is 5.92 Å². The van der Waals surface area contributed by atoms with Crippen molar-refractivity contribution in [1.82, 2.24) is 10.6 Å². The Bertz CT molecular complexity index is 403. The van der Waals surface area contributed by atoms with Crippen LogP contribution in [-0.4, -0.2) is 49.6 Å². The molecular weight excluding hydrogens is 318 g/mol. The molecule has 22 heavy (non-hydrogen) atoms. The summed E-state index contributed by atoms with van der Waals surface area (Å²) in [6.45, 7) is 1.40. The van der Waals surface area contributed by atoms with E-state index < -0.39 is 35.9 Å². The monoisotopic (exact) mass is 334 g/mol. The van der Waals surface area contributed by atoms with Crippen LogP contribution < -0.4 is 10.6 Å². The molecule has 0 aliphatic carbocycles. The van der Waals surface area contributed by atoms with Crippen molar-refractivity contribution in [3.63, 3.8) is 0 Å². The Balaban J connectivity index is 2.00. The highest BCUT2D eigenvalue weighted by Gasteiger charge is 2.60. The summed E-state index contributed by atoms with van der Waals surface area (Å²) in [5.74, 6) is -2.45. The van der Waals surface area contributed by atoms with E-state index in [4.69, 9.17) is 0 Å². The fraction of sp³-hybridized carbons (Fsp3) is 0.917. The second-order valence-corrected chi connectivity index (χ2v) is 5.71. The molecule has 2 N–H and O–H groups in total. The van der Waals surface area contributed by atoms with Crippen molar-refractivity contribution in [3.8, 4) is 0 Å². The second-order valence-electron chi connectivity index (χ2n) is 5.71. The van der Waals surface area contributed by atoms with Crippen LogP contribution in [0, 0.1) is 5.92 Å². The van der Waals surface area contributed by atoms with Crippen LogP contribution in [0.5, 0.6) is 0 Å². The molecule has 0 aromatic heterocycles. The molecule has 0 aromatic carbocycles. The zero-order valence-corrected chi connectivity index (χ0v) is 11.5. The van der Waals surface area contributed by atoms with Gasteiger partial charge in [0.15, 0.2) is 0 Å². The van der Waals surface area contributed by atoms with Crippen LogP contribution in [0.4, 0.5) is 26.3 Å². The third kappa shape index (κ3) is 3.83. The van der Waals surface area contributed by atoms with Crippen molar-refractivity contribution in [2.75, 3.05) is 19.6 Å². The van der Waals surface area contributed by atoms with Gasteiger partial charge in [-0.3, -0.25) is 4.79 Å². The highest BCUT2D eigenvalue weighted by atomic mass is 19.4. The van der Waals surface area contributed by atoms with Crippen LogP contribution >= 0.6 is 0 Å². The van der Waals surface area contributed by atoms with Gasteiger partial charge in [0.1, 0.15) is 0 Å². The molecule has 2 aliphatic rings. The quantitative estimate of drug-likeness (QED) is 0.597. The van der Waals surface area contributed by atoms with Crippen molar-refractivity contribution >= 4 is 5.97 Å². The maximum atomic E-state index is 12.4. The number of carbonyl (C=O) groups excluding carboxylic acids is 1. The van der Waals surface area contributed by atoms with E-state index in [0.717, 1.165) is 0 Å². The SMILES string of the molecule is O=C(OC(C(F)(F)F)C(F)(F)F)C1CNC2(CCNCC2)C1. The molecule has 1 spiro atoms. The van der Waals surface area contributed by atoms with Crippen LogP contribution in [0.3, 0.4) is 0 Å². The minimum absolute atomic E-state index is 0.0290. The number of piperidine rings is 1. The lowest BCUT2D eigenvalue weighted by Gasteiger charge is -2.34. The second kappa shape index (κ2) is 5.88. The zero-order chi connectivity index (χ0) is 16.6. The standard InChI is InChI=1S/C12H16F6N2O2/c13-11(14,15)9(12(16,17)18)22-8(21)7-5-10(20-6-7)1-3-19-4-2-10/h7,9,19-20H,1-6H2. The van der Waals surface area contributed by atoms with Gasteiger partial charge >= 0.3 is 18.3 Å². The van der Waals surface area contributed by atoms with E-state index in [1.165, 1.54) is 0 Å². The molecule has 2 rings (SSSR count). The fourth-order valence-electron chi connectivity index (χ4n) is 2.94. The van der Waals surface area contributed by atoms with Crippen molar-refractivity contribution < 1.29 is 35.9 Å². The predicted octanol–water partition coefficient (Wildman–Crippen LogP) is 1.75. The number of esters is 1. The first-order valence-corrected chi connectivity index (χ1v) is 6.83. The van der Waals surface area contributed by atoms with E-state index in [0.29, 0.717) is 25.9 Å². The van der Waals surface area contributed by atoms with Gasteiger partial charge in [-0.2, -0.15) is 26.3 Å². The fourth-order valence-corrected chi connectivity index (χ4v) is 2.94. The number of hydrogen-bond acceptors (Lipinski definition) is 4. The van der Waals surface area contributed by atoms with E-state index in [1.807, 2.05) is 0 Å². The summed E-state index contributed by atoms with van der Waals surface area (Å²) in [6.07, 6.45) is -13.9. The highest BCUT2D eigenvalue weighted by Crippen LogP contribution is 2.38. The average molecular weight is 334 g/mol. The number of hydrogen-bond donors (Lipinski definition) is 2. The summed E-state index contributed by atoms with van der Waals surface area (Å²) >= 11 is 0. The molecule has 0 aromatic rings. The lowest BCUT2D eigenvalue weighted by molar-refractivity contribution is -0.314. The molecule has 1 unspecified atom stereocenters. The van der Waals surface area contributed by atoms with Gasteiger partial charge < -0.3 is 15.4 Å². The Hall–Kier alpha value is -1.03. The molecule has 2 heterocycles. The summed E-state index contributed by atoms with van der Waals surface area (Å²) in [6, 6.07) is 0. The molecule has 0 radical (unpaired) electrons. The molecule has 2 saturated heterocycles. The Kier molecular flexibility index (Phi) is 4.63. The largest absolute Gasteiger partial charge is 0.442 e. The topological polar surface area (TPSA) is 50.4 Å². The molecule has 2 aliphatic heterocycles. The van der Waals surface area contributed by atoms with Crippen LogP contribution in [0.25, 0.3) is 0 Å². The minimum atomic E-state index is -5.67. The van der Waals surface area contributed by atoms with Gasteiger partial charge in [-0.05, 0) is 32.4 Å². The van der Waals surface area contributed by atoms with Gasteiger partial charge in [0.05, 0.1) is 5.92 Å². The van der Waals surface area contributed by atoms with Crippen LogP contribution in [0.15, 0.2) is 0 Å². The molecule has 0 saturated carbocycles. The van der Waals surface area contributed by atoms with Gasteiger partial charge in [0, 0.05) is 12.1 Å². The number of alkyl halides is 6. The summed E-state index contributed by atoms with van der Waals surface area (Å²) < 4.78 is 78.1. The van der Waals surface area contributed by atoms with Crippen LogP contribution in [0.1, 0.15) is 19.3 Å². The van der Waals surface area contributed by atoms with E-state index >= 15 is 0 Å². The number of ether oxygens (including phenoxy) is 1. The molecule has 0 amide bonds. The normalized spacial score (nSPS) is 25.7. The van der Waals surface area contributed by atoms with Gasteiger partial charge in [0.2, 0.25) is 0 Å². The Morgan fingerprint density at radius 1 is 1.09 bits per heavy atom. The van der Waals surface area contributed by atoms with E-state index in [-0.39, 0.29) is 13.0 Å². The van der Waals surface area contributed by atoms with E-state index in [9.17, 15) is 31.1 Å². The van der Waals surface area contributed by atoms with Gasteiger partial charge in [-0.1, -0.05) is 0 Å². The van der Waals surface area contributed by atoms with Gasteiger partial charge in [-0.25, -0.2) is 0 Å². The highest BCUT2D eigenvalue weighted by molar-refractivity contribution is 5.73. The number of nitrogens with one attached hydrogen (secondary N) is 2. The number of halogens is 6. The third-order valence-corrected chi connectivity index (χ3v) is 4.08. The Morgan fingerprint density at radius 3 is 2.14 bits per heavy atom. The molecular formula is C12H16F6N2O2. The summed E-state index contributed by atoms with van der Waals surface area (Å²) in [4.78, 5) is 11.7. The average Bonchev–Trinajstić information content (AvgIpc) is 2.78. The van der Waals surface area contributed by atoms with Crippen molar-refractivity contribution in [3.05, 3.63) is 0 Å². The third-order valence-electron chi connectivity index (χ3n) is 4.08. The number of carbonyl (C=O) groups is 1. The Morgan fingerprint density at radius 2 is 1.64 bits per heavy atom. The van der Waals surface area contributed by atoms with Crippen LogP contribution in [0.2, 0.25) is 0 Å². The van der Waals surface area contributed by atoms with Crippen molar-refractivity contribution in [2.45, 2.75) is 43.3 Å². The van der Waals surface area contributed by atoms with E-state index in [2.05, 4.69) is 15.4 Å². The zero-order valence-electron chi connectivity index (χ0n) is 11.5. The summed E-state index contributed by atoms with van der Waals surface area (Å²) in [5.41, 5.74) is -0.402. The molecule has 2 fully saturated rings. The molecule has 0 bridgehead atoms. The smallest absolute Gasteiger partial charge is 0.434 e. The van der Waals surface area contributed by atoms with Gasteiger partial charge in [0.25, 0.3) is 6.10 Å². The molecule has 4 nitrogen and oxygen atoms in total. The first kappa shape index (κ1) is 17.3. The predicted molar refractivity (Wildman–Crippen MR) is 62.9 cm³/mol. The minimum Gasteiger partial charge on any atom is -0.442 e. The molecule has 1 atom stereocenters. The maximum Gasteiger partial charge on any atom is 0.434 e. The van der Waals surface area contributed by atoms with Crippen LogP contribution in [-0.2, 0) is 9.53 Å². The lowest BCUT2D eigenvalue weighted by Crippen LogP contribution is -2.48. The van der Waals surface area contributed by atoms with E-state index in [1.54, 1.807) is 0 Å². The first-order valence-electron chi connectivity index (χ1n) is 6.83. The maximum absolute atomic E-state index is 12.4. The molecule has 10 heteroatoms. The number of rotatable bonds is 2. The van der Waals surface area contributed by atoms with Crippen molar-refractivity contribution in [1.29, 1.82) is 0 Å². The lowest BCUT2D eigenvalue weighted by atomic mass is 9.84. The summed E-state index contributed by atoms with van der Waals surface area (Å²) in [5, 5.41) is 6.15. The summed E-state index contributed by atoms with van der Waals surface area (Å²) in [7, 11) is 0. The Labute approximate surface area is 122 Å². The molecule has 128 valence electrons. The van der Waals surface area contributed by atoms with Gasteiger partial charge in [-0.15, -0.1) is 0 Å². The first-order chi connectivity index (χ1) is 10.0.